The Morgan fingerprint density at radius 1 is 1.17 bits per heavy atom. The molecule has 0 unspecified atom stereocenters. The second kappa shape index (κ2) is 5.78. The minimum Gasteiger partial charge on any atom is -0.506 e. The molecule has 0 aliphatic carbocycles. The summed E-state index contributed by atoms with van der Waals surface area (Å²) in [6.45, 7) is 2.75. The summed E-state index contributed by atoms with van der Waals surface area (Å²) in [5, 5.41) is 9.78. The van der Waals surface area contributed by atoms with Crippen LogP contribution in [0.3, 0.4) is 0 Å². The minimum atomic E-state index is 0.0902. The second-order valence-corrected chi connectivity index (χ2v) is 4.42. The molecular formula is C15H15ClO2. The zero-order valence-corrected chi connectivity index (χ0v) is 10.9. The Hall–Kier alpha value is -1.67. The Bertz CT molecular complexity index is 538. The standard InChI is InChI=1S/C15H15ClO2/c1-2-9-18-15-6-4-3-5-12(15)11-7-8-14(17)13(16)10-11/h3-8,10,17H,2,9H2,1H3. The van der Waals surface area contributed by atoms with Gasteiger partial charge in [-0.3, -0.25) is 0 Å². The topological polar surface area (TPSA) is 29.5 Å². The van der Waals surface area contributed by atoms with E-state index >= 15 is 0 Å². The van der Waals surface area contributed by atoms with Crippen molar-refractivity contribution in [3.05, 3.63) is 47.5 Å². The number of rotatable bonds is 4. The van der Waals surface area contributed by atoms with Crippen LogP contribution < -0.4 is 4.74 Å². The van der Waals surface area contributed by atoms with Gasteiger partial charge < -0.3 is 9.84 Å². The molecule has 0 fully saturated rings. The third-order valence-corrected chi connectivity index (χ3v) is 2.91. The quantitative estimate of drug-likeness (QED) is 0.879. The van der Waals surface area contributed by atoms with Crippen LogP contribution in [0, 0.1) is 0 Å². The van der Waals surface area contributed by atoms with Crippen molar-refractivity contribution in [1.82, 2.24) is 0 Å². The third-order valence-electron chi connectivity index (χ3n) is 2.61. The molecule has 0 spiro atoms. The fraction of sp³-hybridized carbons (Fsp3) is 0.200. The number of phenolic OH excluding ortho intramolecular Hbond substituents is 1. The van der Waals surface area contributed by atoms with Crippen LogP contribution in [0.4, 0.5) is 0 Å². The molecule has 1 N–H and O–H groups in total. The van der Waals surface area contributed by atoms with Gasteiger partial charge in [-0.2, -0.15) is 0 Å². The van der Waals surface area contributed by atoms with Crippen LogP contribution in [-0.4, -0.2) is 11.7 Å². The van der Waals surface area contributed by atoms with Crippen molar-refractivity contribution in [2.75, 3.05) is 6.61 Å². The number of hydrogen-bond acceptors (Lipinski definition) is 2. The van der Waals surface area contributed by atoms with Gasteiger partial charge in [-0.25, -0.2) is 0 Å². The van der Waals surface area contributed by atoms with Gasteiger partial charge in [0.25, 0.3) is 0 Å². The van der Waals surface area contributed by atoms with E-state index in [4.69, 9.17) is 16.3 Å². The summed E-state index contributed by atoms with van der Waals surface area (Å²) in [7, 11) is 0. The molecule has 2 aromatic rings. The van der Waals surface area contributed by atoms with Crippen molar-refractivity contribution in [3.8, 4) is 22.6 Å². The predicted octanol–water partition coefficient (Wildman–Crippen LogP) is 4.50. The van der Waals surface area contributed by atoms with Gasteiger partial charge in [-0.1, -0.05) is 42.8 Å². The fourth-order valence-corrected chi connectivity index (χ4v) is 1.90. The Labute approximate surface area is 112 Å². The van der Waals surface area contributed by atoms with E-state index in [1.807, 2.05) is 30.3 Å². The molecule has 0 saturated heterocycles. The molecule has 0 aromatic heterocycles. The van der Waals surface area contributed by atoms with Crippen molar-refractivity contribution in [2.24, 2.45) is 0 Å². The van der Waals surface area contributed by atoms with Crippen LogP contribution in [0.5, 0.6) is 11.5 Å². The summed E-state index contributed by atoms with van der Waals surface area (Å²) in [5.41, 5.74) is 1.91. The lowest BCUT2D eigenvalue weighted by atomic mass is 10.0. The van der Waals surface area contributed by atoms with E-state index in [9.17, 15) is 5.11 Å². The van der Waals surface area contributed by atoms with Crippen molar-refractivity contribution in [2.45, 2.75) is 13.3 Å². The monoisotopic (exact) mass is 262 g/mol. The number of aromatic hydroxyl groups is 1. The zero-order chi connectivity index (χ0) is 13.0. The molecule has 0 bridgehead atoms. The first-order valence-corrected chi connectivity index (χ1v) is 6.31. The molecule has 18 heavy (non-hydrogen) atoms. The highest BCUT2D eigenvalue weighted by atomic mass is 35.5. The van der Waals surface area contributed by atoms with Gasteiger partial charge in [0.05, 0.1) is 11.6 Å². The maximum Gasteiger partial charge on any atom is 0.134 e. The molecule has 94 valence electrons. The molecule has 0 atom stereocenters. The number of hydrogen-bond donors (Lipinski definition) is 1. The van der Waals surface area contributed by atoms with Crippen molar-refractivity contribution >= 4 is 11.6 Å². The smallest absolute Gasteiger partial charge is 0.134 e. The van der Waals surface area contributed by atoms with E-state index in [0.29, 0.717) is 11.6 Å². The van der Waals surface area contributed by atoms with Crippen LogP contribution in [0.25, 0.3) is 11.1 Å². The van der Waals surface area contributed by atoms with Gasteiger partial charge >= 0.3 is 0 Å². The molecule has 3 heteroatoms. The number of ether oxygens (including phenoxy) is 1. The number of halogens is 1. The molecule has 0 heterocycles. The van der Waals surface area contributed by atoms with Gasteiger partial charge in [0.15, 0.2) is 0 Å². The molecule has 2 aromatic carbocycles. The molecule has 2 nitrogen and oxygen atoms in total. The first-order chi connectivity index (χ1) is 8.72. The summed E-state index contributed by atoms with van der Waals surface area (Å²) in [6.07, 6.45) is 0.963. The van der Waals surface area contributed by atoms with E-state index < -0.39 is 0 Å². The van der Waals surface area contributed by atoms with Crippen molar-refractivity contribution in [3.63, 3.8) is 0 Å². The Kier molecular flexibility index (Phi) is 4.11. The second-order valence-electron chi connectivity index (χ2n) is 4.01. The molecule has 0 aliphatic heterocycles. The lowest BCUT2D eigenvalue weighted by molar-refractivity contribution is 0.318. The highest BCUT2D eigenvalue weighted by Crippen LogP contribution is 2.34. The van der Waals surface area contributed by atoms with E-state index in [2.05, 4.69) is 6.92 Å². The van der Waals surface area contributed by atoms with Crippen LogP contribution in [-0.2, 0) is 0 Å². The van der Waals surface area contributed by atoms with Crippen LogP contribution in [0.15, 0.2) is 42.5 Å². The molecule has 0 amide bonds. The fourth-order valence-electron chi connectivity index (χ4n) is 1.72. The predicted molar refractivity (Wildman–Crippen MR) is 74.3 cm³/mol. The largest absolute Gasteiger partial charge is 0.506 e. The number of para-hydroxylation sites is 1. The Morgan fingerprint density at radius 3 is 2.67 bits per heavy atom. The normalized spacial score (nSPS) is 10.3. The van der Waals surface area contributed by atoms with Crippen LogP contribution in [0.1, 0.15) is 13.3 Å². The zero-order valence-electron chi connectivity index (χ0n) is 10.2. The third kappa shape index (κ3) is 2.77. The highest BCUT2D eigenvalue weighted by Gasteiger charge is 2.07. The Balaban J connectivity index is 2.39. The first-order valence-electron chi connectivity index (χ1n) is 5.93. The molecule has 2 rings (SSSR count). The maximum absolute atomic E-state index is 9.44. The molecule has 0 aliphatic rings. The molecular weight excluding hydrogens is 248 g/mol. The van der Waals surface area contributed by atoms with Crippen molar-refractivity contribution < 1.29 is 9.84 Å². The maximum atomic E-state index is 9.44. The summed E-state index contributed by atoms with van der Waals surface area (Å²) in [4.78, 5) is 0. The van der Waals surface area contributed by atoms with Crippen LogP contribution in [0.2, 0.25) is 5.02 Å². The van der Waals surface area contributed by atoms with Gasteiger partial charge in [-0.15, -0.1) is 0 Å². The first kappa shape index (κ1) is 12.8. The van der Waals surface area contributed by atoms with E-state index in [-0.39, 0.29) is 5.75 Å². The molecule has 0 radical (unpaired) electrons. The summed E-state index contributed by atoms with van der Waals surface area (Å²) in [5.74, 6) is 0.925. The minimum absolute atomic E-state index is 0.0902. The lowest BCUT2D eigenvalue weighted by Crippen LogP contribution is -1.96. The summed E-state index contributed by atoms with van der Waals surface area (Å²) in [6, 6.07) is 13.0. The average molecular weight is 263 g/mol. The van der Waals surface area contributed by atoms with Gasteiger partial charge in [0, 0.05) is 5.56 Å². The van der Waals surface area contributed by atoms with Gasteiger partial charge in [0.2, 0.25) is 0 Å². The summed E-state index contributed by atoms with van der Waals surface area (Å²) >= 11 is 5.93. The van der Waals surface area contributed by atoms with E-state index in [0.717, 1.165) is 23.3 Å². The SMILES string of the molecule is CCCOc1ccccc1-c1ccc(O)c(Cl)c1. The van der Waals surface area contributed by atoms with Crippen LogP contribution >= 0.6 is 11.6 Å². The molecule has 0 saturated carbocycles. The van der Waals surface area contributed by atoms with Gasteiger partial charge in [0.1, 0.15) is 11.5 Å². The van der Waals surface area contributed by atoms with E-state index in [1.165, 1.54) is 0 Å². The van der Waals surface area contributed by atoms with Gasteiger partial charge in [-0.05, 0) is 30.2 Å². The Morgan fingerprint density at radius 2 is 1.94 bits per heavy atom. The highest BCUT2D eigenvalue weighted by molar-refractivity contribution is 6.32. The lowest BCUT2D eigenvalue weighted by Gasteiger charge is -2.11. The van der Waals surface area contributed by atoms with Crippen molar-refractivity contribution in [1.29, 1.82) is 0 Å². The van der Waals surface area contributed by atoms with E-state index in [1.54, 1.807) is 12.1 Å². The number of phenols is 1. The average Bonchev–Trinajstić information content (AvgIpc) is 2.40. The summed E-state index contributed by atoms with van der Waals surface area (Å²) < 4.78 is 5.71. The number of benzene rings is 2.